The van der Waals surface area contributed by atoms with Crippen LogP contribution in [0.1, 0.15) is 45.8 Å². The van der Waals surface area contributed by atoms with E-state index in [0.29, 0.717) is 37.6 Å². The van der Waals surface area contributed by atoms with E-state index >= 15 is 0 Å². The molecule has 1 aromatic carbocycles. The smallest absolute Gasteiger partial charge is 0.317 e. The van der Waals surface area contributed by atoms with Crippen LogP contribution in [0.5, 0.6) is 11.8 Å². The second-order valence-corrected chi connectivity index (χ2v) is 8.18. The number of benzene rings is 1. The van der Waals surface area contributed by atoms with Crippen LogP contribution in [-0.4, -0.2) is 62.0 Å². The number of aromatic hydroxyl groups is 1. The van der Waals surface area contributed by atoms with Gasteiger partial charge in [-0.1, -0.05) is 0 Å². The average molecular weight is 443 g/mol. The van der Waals surface area contributed by atoms with Gasteiger partial charge >= 0.3 is 6.01 Å². The number of nitrogens with zero attached hydrogens (tertiary/aromatic N) is 4. The van der Waals surface area contributed by atoms with E-state index in [1.165, 1.54) is 0 Å². The third kappa shape index (κ3) is 5.35. The molecule has 1 aliphatic heterocycles. The molecule has 9 heteroatoms. The molecule has 1 saturated heterocycles. The molecule has 9 nitrogen and oxygen atoms in total. The van der Waals surface area contributed by atoms with Crippen molar-refractivity contribution in [2.45, 2.75) is 58.0 Å². The molecular formula is C23H30N4O5. The van der Waals surface area contributed by atoms with Crippen LogP contribution < -0.4 is 4.74 Å². The molecule has 3 unspecified atom stereocenters. The minimum absolute atomic E-state index is 0.138. The minimum atomic E-state index is -0.390. The van der Waals surface area contributed by atoms with E-state index in [-0.39, 0.29) is 30.2 Å². The molecule has 0 radical (unpaired) electrons. The molecule has 2 N–H and O–H groups in total. The number of aromatic nitrogens is 4. The summed E-state index contributed by atoms with van der Waals surface area (Å²) in [6, 6.07) is 7.20. The highest BCUT2D eigenvalue weighted by Crippen LogP contribution is 2.34. The first-order chi connectivity index (χ1) is 15.5. The van der Waals surface area contributed by atoms with Crippen LogP contribution in [0.15, 0.2) is 30.5 Å². The van der Waals surface area contributed by atoms with Gasteiger partial charge in [-0.15, -0.1) is 0 Å². The number of hydrogen-bond acceptors (Lipinski definition) is 8. The fourth-order valence-electron chi connectivity index (χ4n) is 3.70. The SMILES string of the molecule is CC(O)CCOCC(C)Oc1nccc(-c2nn(C3CCCCO3)c3ccc(O)cc23)n1. The van der Waals surface area contributed by atoms with Crippen LogP contribution >= 0.6 is 0 Å². The summed E-state index contributed by atoms with van der Waals surface area (Å²) >= 11 is 0. The highest BCUT2D eigenvalue weighted by Gasteiger charge is 2.23. The molecule has 2 aromatic heterocycles. The fraction of sp³-hybridized carbons (Fsp3) is 0.522. The van der Waals surface area contributed by atoms with Crippen molar-refractivity contribution in [1.29, 1.82) is 0 Å². The highest BCUT2D eigenvalue weighted by atomic mass is 16.5. The van der Waals surface area contributed by atoms with Gasteiger partial charge in [0, 0.05) is 24.8 Å². The first kappa shape index (κ1) is 22.4. The lowest BCUT2D eigenvalue weighted by Crippen LogP contribution is -2.21. The van der Waals surface area contributed by atoms with E-state index in [1.54, 1.807) is 31.3 Å². The summed E-state index contributed by atoms with van der Waals surface area (Å²) in [5, 5.41) is 25.0. The van der Waals surface area contributed by atoms with Crippen molar-refractivity contribution in [3.8, 4) is 23.1 Å². The maximum Gasteiger partial charge on any atom is 0.317 e. The quantitative estimate of drug-likeness (QED) is 0.485. The van der Waals surface area contributed by atoms with Gasteiger partial charge in [0.15, 0.2) is 6.23 Å². The van der Waals surface area contributed by atoms with Crippen LogP contribution in [0.2, 0.25) is 0 Å². The zero-order valence-electron chi connectivity index (χ0n) is 18.5. The summed E-state index contributed by atoms with van der Waals surface area (Å²) in [5.41, 5.74) is 2.12. The maximum atomic E-state index is 10.1. The average Bonchev–Trinajstić information content (AvgIpc) is 3.16. The molecular weight excluding hydrogens is 412 g/mol. The number of hydrogen-bond donors (Lipinski definition) is 2. The number of phenolic OH excluding ortho intramolecular Hbond substituents is 1. The van der Waals surface area contributed by atoms with E-state index in [4.69, 9.17) is 19.3 Å². The first-order valence-corrected chi connectivity index (χ1v) is 11.1. The monoisotopic (exact) mass is 442 g/mol. The van der Waals surface area contributed by atoms with Crippen molar-refractivity contribution in [2.75, 3.05) is 19.8 Å². The minimum Gasteiger partial charge on any atom is -0.508 e. The Bertz CT molecular complexity index is 1030. The Morgan fingerprint density at radius 2 is 2.12 bits per heavy atom. The molecule has 1 aliphatic rings. The summed E-state index contributed by atoms with van der Waals surface area (Å²) in [6.45, 7) is 5.14. The number of aliphatic hydroxyl groups is 1. The second-order valence-electron chi connectivity index (χ2n) is 8.18. The number of ether oxygens (including phenoxy) is 3. The summed E-state index contributed by atoms with van der Waals surface area (Å²) in [5.74, 6) is 0.163. The molecule has 1 fully saturated rings. The predicted octanol–water partition coefficient (Wildman–Crippen LogP) is 3.45. The summed E-state index contributed by atoms with van der Waals surface area (Å²) in [7, 11) is 0. The Morgan fingerprint density at radius 1 is 1.25 bits per heavy atom. The fourth-order valence-corrected chi connectivity index (χ4v) is 3.70. The van der Waals surface area contributed by atoms with Gasteiger partial charge < -0.3 is 24.4 Å². The Morgan fingerprint density at radius 3 is 2.91 bits per heavy atom. The third-order valence-electron chi connectivity index (χ3n) is 5.33. The lowest BCUT2D eigenvalue weighted by molar-refractivity contribution is -0.0365. The number of phenols is 1. The first-order valence-electron chi connectivity index (χ1n) is 11.1. The van der Waals surface area contributed by atoms with E-state index in [1.807, 2.05) is 17.7 Å². The molecule has 4 rings (SSSR count). The molecule has 172 valence electrons. The van der Waals surface area contributed by atoms with E-state index in [0.717, 1.165) is 30.2 Å². The third-order valence-corrected chi connectivity index (χ3v) is 5.33. The molecule has 3 heterocycles. The molecule has 0 spiro atoms. The summed E-state index contributed by atoms with van der Waals surface area (Å²) < 4.78 is 19.2. The van der Waals surface area contributed by atoms with E-state index in [9.17, 15) is 10.2 Å². The van der Waals surface area contributed by atoms with Crippen molar-refractivity contribution < 1.29 is 24.4 Å². The van der Waals surface area contributed by atoms with Crippen molar-refractivity contribution in [3.63, 3.8) is 0 Å². The Balaban J connectivity index is 1.56. The molecule has 0 amide bonds. The van der Waals surface area contributed by atoms with Crippen LogP contribution in [0.3, 0.4) is 0 Å². The van der Waals surface area contributed by atoms with Gasteiger partial charge in [0.25, 0.3) is 0 Å². The van der Waals surface area contributed by atoms with Gasteiger partial charge in [0.05, 0.1) is 23.9 Å². The Labute approximate surface area is 187 Å². The van der Waals surface area contributed by atoms with Gasteiger partial charge in [0.1, 0.15) is 17.5 Å². The largest absolute Gasteiger partial charge is 0.508 e. The van der Waals surface area contributed by atoms with Crippen LogP contribution in [0.4, 0.5) is 0 Å². The topological polar surface area (TPSA) is 112 Å². The van der Waals surface area contributed by atoms with Gasteiger partial charge in [-0.25, -0.2) is 9.67 Å². The maximum absolute atomic E-state index is 10.1. The lowest BCUT2D eigenvalue weighted by Gasteiger charge is -2.23. The molecule has 32 heavy (non-hydrogen) atoms. The molecule has 0 bridgehead atoms. The van der Waals surface area contributed by atoms with E-state index < -0.39 is 0 Å². The lowest BCUT2D eigenvalue weighted by atomic mass is 10.1. The molecule has 3 aromatic rings. The van der Waals surface area contributed by atoms with Crippen molar-refractivity contribution in [1.82, 2.24) is 19.7 Å². The summed E-state index contributed by atoms with van der Waals surface area (Å²) in [6.07, 6.45) is 4.45. The van der Waals surface area contributed by atoms with Gasteiger partial charge in [-0.2, -0.15) is 10.1 Å². The Kier molecular flexibility index (Phi) is 7.19. The Hall–Kier alpha value is -2.75. The zero-order chi connectivity index (χ0) is 22.5. The molecule has 0 saturated carbocycles. The number of aliphatic hydroxyl groups excluding tert-OH is 1. The van der Waals surface area contributed by atoms with Crippen molar-refractivity contribution in [3.05, 3.63) is 30.5 Å². The molecule has 0 aliphatic carbocycles. The number of fused-ring (bicyclic) bond motifs is 1. The van der Waals surface area contributed by atoms with E-state index in [2.05, 4.69) is 9.97 Å². The van der Waals surface area contributed by atoms with Crippen molar-refractivity contribution >= 4 is 10.9 Å². The normalized spacial score (nSPS) is 18.5. The molecule has 3 atom stereocenters. The predicted molar refractivity (Wildman–Crippen MR) is 118 cm³/mol. The van der Waals surface area contributed by atoms with Gasteiger partial charge in [-0.3, -0.25) is 0 Å². The van der Waals surface area contributed by atoms with Gasteiger partial charge in [0.2, 0.25) is 0 Å². The second kappa shape index (κ2) is 10.2. The number of rotatable bonds is 9. The van der Waals surface area contributed by atoms with Crippen LogP contribution in [0.25, 0.3) is 22.3 Å². The van der Waals surface area contributed by atoms with Crippen molar-refractivity contribution in [2.24, 2.45) is 0 Å². The summed E-state index contributed by atoms with van der Waals surface area (Å²) in [4.78, 5) is 8.77. The zero-order valence-corrected chi connectivity index (χ0v) is 18.5. The van der Waals surface area contributed by atoms with Gasteiger partial charge in [-0.05, 0) is 63.8 Å². The van der Waals surface area contributed by atoms with Crippen LogP contribution in [-0.2, 0) is 9.47 Å². The standard InChI is InChI=1S/C23H30N4O5/c1-15(28)9-12-30-14-16(2)32-23-24-10-8-19(25-23)22-18-13-17(29)6-7-20(18)27(26-22)21-5-3-4-11-31-21/h6-8,10,13,15-16,21,28-29H,3-5,9,11-12,14H2,1-2H3. The van der Waals surface area contributed by atoms with Crippen LogP contribution in [0, 0.1) is 0 Å². The highest BCUT2D eigenvalue weighted by molar-refractivity contribution is 5.93.